The van der Waals surface area contributed by atoms with E-state index in [4.69, 9.17) is 4.74 Å². The highest BCUT2D eigenvalue weighted by Crippen LogP contribution is 2.27. The van der Waals surface area contributed by atoms with Crippen LogP contribution in [0.4, 0.5) is 0 Å². The molecule has 0 unspecified atom stereocenters. The summed E-state index contributed by atoms with van der Waals surface area (Å²) in [5.41, 5.74) is 0.543. The molecule has 1 heterocycles. The van der Waals surface area contributed by atoms with Gasteiger partial charge in [-0.2, -0.15) is 0 Å². The van der Waals surface area contributed by atoms with E-state index < -0.39 is 0 Å². The third-order valence-electron chi connectivity index (χ3n) is 3.24. The lowest BCUT2D eigenvalue weighted by Gasteiger charge is -2.23. The van der Waals surface area contributed by atoms with Gasteiger partial charge in [0.15, 0.2) is 0 Å². The van der Waals surface area contributed by atoms with E-state index in [0.29, 0.717) is 17.9 Å². The molecule has 1 aromatic rings. The Hall–Kier alpha value is -1.07. The molecule has 0 aliphatic carbocycles. The van der Waals surface area contributed by atoms with Crippen molar-refractivity contribution in [3.8, 4) is 5.75 Å². The van der Waals surface area contributed by atoms with Crippen LogP contribution in [0.3, 0.4) is 0 Å². The van der Waals surface area contributed by atoms with E-state index in [1.54, 1.807) is 24.1 Å². The average molecular weight is 314 g/mol. The minimum Gasteiger partial charge on any atom is -0.496 e. The average Bonchev–Trinajstić information content (AvgIpc) is 2.86. The molecular weight excluding hydrogens is 298 g/mol. The van der Waals surface area contributed by atoms with Crippen LogP contribution < -0.4 is 4.74 Å². The molecule has 0 saturated carbocycles. The van der Waals surface area contributed by atoms with E-state index >= 15 is 0 Å². The molecule has 1 fully saturated rings. The van der Waals surface area contributed by atoms with Crippen molar-refractivity contribution < 1.29 is 14.6 Å². The maximum Gasteiger partial charge on any atom is 0.257 e. The third kappa shape index (κ3) is 2.52. The Labute approximate surface area is 115 Å². The van der Waals surface area contributed by atoms with Gasteiger partial charge in [-0.15, -0.1) is 0 Å². The molecule has 1 saturated heterocycles. The number of amides is 1. The van der Waals surface area contributed by atoms with Crippen molar-refractivity contribution >= 4 is 21.8 Å². The standard InChI is InChI=1S/C13H16BrNO3/c1-18-12-7-9(14)4-5-11(12)13(17)15-6-2-3-10(15)8-16/h4-5,7,10,16H,2-3,6,8H2,1H3/t10-/m0/s1. The summed E-state index contributed by atoms with van der Waals surface area (Å²) in [4.78, 5) is 14.2. The van der Waals surface area contributed by atoms with Crippen molar-refractivity contribution in [3.63, 3.8) is 0 Å². The van der Waals surface area contributed by atoms with Gasteiger partial charge in [0.2, 0.25) is 0 Å². The van der Waals surface area contributed by atoms with Crippen molar-refractivity contribution in [1.82, 2.24) is 4.90 Å². The summed E-state index contributed by atoms with van der Waals surface area (Å²) in [6.07, 6.45) is 1.80. The number of aliphatic hydroxyl groups excluding tert-OH is 1. The molecule has 1 aliphatic heterocycles. The van der Waals surface area contributed by atoms with Crippen molar-refractivity contribution in [2.45, 2.75) is 18.9 Å². The third-order valence-corrected chi connectivity index (χ3v) is 3.74. The molecule has 0 aromatic heterocycles. The number of aliphatic hydroxyl groups is 1. The maximum atomic E-state index is 12.4. The normalized spacial score (nSPS) is 19.1. The Morgan fingerprint density at radius 1 is 1.61 bits per heavy atom. The summed E-state index contributed by atoms with van der Waals surface area (Å²) >= 11 is 3.35. The lowest BCUT2D eigenvalue weighted by molar-refractivity contribution is 0.0674. The summed E-state index contributed by atoms with van der Waals surface area (Å²) in [6, 6.07) is 5.28. The van der Waals surface area contributed by atoms with E-state index in [1.807, 2.05) is 6.07 Å². The lowest BCUT2D eigenvalue weighted by Crippen LogP contribution is -2.37. The van der Waals surface area contributed by atoms with Gasteiger partial charge in [-0.1, -0.05) is 15.9 Å². The number of hydrogen-bond donors (Lipinski definition) is 1. The Bertz CT molecular complexity index is 450. The monoisotopic (exact) mass is 313 g/mol. The number of rotatable bonds is 3. The number of benzene rings is 1. The smallest absolute Gasteiger partial charge is 0.257 e. The van der Waals surface area contributed by atoms with Crippen molar-refractivity contribution in [2.75, 3.05) is 20.3 Å². The highest BCUT2D eigenvalue weighted by atomic mass is 79.9. The van der Waals surface area contributed by atoms with Gasteiger partial charge < -0.3 is 14.7 Å². The number of likely N-dealkylation sites (tertiary alicyclic amines) is 1. The van der Waals surface area contributed by atoms with Gasteiger partial charge in [0, 0.05) is 11.0 Å². The predicted octanol–water partition coefficient (Wildman–Crippen LogP) is 2.05. The van der Waals surface area contributed by atoms with Crippen LogP contribution in [-0.2, 0) is 0 Å². The van der Waals surface area contributed by atoms with Crippen LogP contribution in [0.1, 0.15) is 23.2 Å². The molecule has 4 nitrogen and oxygen atoms in total. The molecule has 0 spiro atoms. The van der Waals surface area contributed by atoms with Crippen LogP contribution in [0.5, 0.6) is 5.75 Å². The zero-order valence-corrected chi connectivity index (χ0v) is 11.8. The highest BCUT2D eigenvalue weighted by molar-refractivity contribution is 9.10. The van der Waals surface area contributed by atoms with E-state index in [1.165, 1.54) is 0 Å². The van der Waals surface area contributed by atoms with Gasteiger partial charge in [-0.25, -0.2) is 0 Å². The molecule has 2 rings (SSSR count). The molecule has 18 heavy (non-hydrogen) atoms. The SMILES string of the molecule is COc1cc(Br)ccc1C(=O)N1CCC[C@H]1CO. The van der Waals surface area contributed by atoms with Gasteiger partial charge in [0.1, 0.15) is 5.75 Å². The number of carbonyl (C=O) groups excluding carboxylic acids is 1. The molecule has 1 aromatic carbocycles. The van der Waals surface area contributed by atoms with E-state index in [2.05, 4.69) is 15.9 Å². The zero-order valence-electron chi connectivity index (χ0n) is 10.2. The van der Waals surface area contributed by atoms with Gasteiger partial charge >= 0.3 is 0 Å². The Morgan fingerprint density at radius 2 is 2.39 bits per heavy atom. The number of halogens is 1. The van der Waals surface area contributed by atoms with Gasteiger partial charge in [-0.05, 0) is 31.0 Å². The van der Waals surface area contributed by atoms with Crippen LogP contribution in [0.15, 0.2) is 22.7 Å². The first-order valence-electron chi connectivity index (χ1n) is 5.92. The fraction of sp³-hybridized carbons (Fsp3) is 0.462. The first-order chi connectivity index (χ1) is 8.67. The van der Waals surface area contributed by atoms with Crippen LogP contribution in [0.25, 0.3) is 0 Å². The quantitative estimate of drug-likeness (QED) is 0.929. The second kappa shape index (κ2) is 5.71. The summed E-state index contributed by atoms with van der Waals surface area (Å²) in [5, 5.41) is 9.27. The fourth-order valence-electron chi connectivity index (χ4n) is 2.29. The number of hydrogen-bond acceptors (Lipinski definition) is 3. The Morgan fingerprint density at radius 3 is 3.06 bits per heavy atom. The molecule has 1 aliphatic rings. The number of nitrogens with zero attached hydrogens (tertiary/aromatic N) is 1. The number of methoxy groups -OCH3 is 1. The molecular formula is C13H16BrNO3. The highest BCUT2D eigenvalue weighted by Gasteiger charge is 2.30. The summed E-state index contributed by atoms with van der Waals surface area (Å²) in [7, 11) is 1.55. The van der Waals surface area contributed by atoms with Crippen molar-refractivity contribution in [3.05, 3.63) is 28.2 Å². The second-order valence-electron chi connectivity index (χ2n) is 4.32. The summed E-state index contributed by atoms with van der Waals surface area (Å²) < 4.78 is 6.11. The molecule has 5 heteroatoms. The molecule has 1 N–H and O–H groups in total. The van der Waals surface area contributed by atoms with E-state index in [9.17, 15) is 9.90 Å². The Kier molecular flexibility index (Phi) is 4.24. The topological polar surface area (TPSA) is 49.8 Å². The maximum absolute atomic E-state index is 12.4. The minimum absolute atomic E-state index is 0.0184. The summed E-state index contributed by atoms with van der Waals surface area (Å²) in [5.74, 6) is 0.480. The van der Waals surface area contributed by atoms with Crippen LogP contribution >= 0.6 is 15.9 Å². The number of ether oxygens (including phenoxy) is 1. The number of carbonyl (C=O) groups is 1. The largest absolute Gasteiger partial charge is 0.496 e. The van der Waals surface area contributed by atoms with Crippen LogP contribution in [0.2, 0.25) is 0 Å². The van der Waals surface area contributed by atoms with Crippen LogP contribution in [-0.4, -0.2) is 42.2 Å². The molecule has 1 amide bonds. The van der Waals surface area contributed by atoms with Gasteiger partial charge in [0.25, 0.3) is 5.91 Å². The fourth-order valence-corrected chi connectivity index (χ4v) is 2.63. The van der Waals surface area contributed by atoms with E-state index in [0.717, 1.165) is 17.3 Å². The van der Waals surface area contributed by atoms with Gasteiger partial charge in [0.05, 0.1) is 25.3 Å². The van der Waals surface area contributed by atoms with Gasteiger partial charge in [-0.3, -0.25) is 4.79 Å². The molecule has 98 valence electrons. The van der Waals surface area contributed by atoms with Crippen molar-refractivity contribution in [1.29, 1.82) is 0 Å². The molecule has 1 atom stereocenters. The first-order valence-corrected chi connectivity index (χ1v) is 6.72. The molecule has 0 radical (unpaired) electrons. The van der Waals surface area contributed by atoms with Crippen LogP contribution in [0, 0.1) is 0 Å². The predicted molar refractivity (Wildman–Crippen MR) is 71.8 cm³/mol. The Balaban J connectivity index is 2.28. The zero-order chi connectivity index (χ0) is 13.1. The first kappa shape index (κ1) is 13.4. The molecule has 0 bridgehead atoms. The second-order valence-corrected chi connectivity index (χ2v) is 5.24. The summed E-state index contributed by atoms with van der Waals surface area (Å²) in [6.45, 7) is 0.716. The van der Waals surface area contributed by atoms with E-state index in [-0.39, 0.29) is 18.6 Å². The minimum atomic E-state index is -0.0732. The van der Waals surface area contributed by atoms with Crippen molar-refractivity contribution in [2.24, 2.45) is 0 Å². The lowest BCUT2D eigenvalue weighted by atomic mass is 10.1.